The zero-order chi connectivity index (χ0) is 12.3. The molecule has 0 aliphatic heterocycles. The Kier molecular flexibility index (Phi) is 4.07. The highest BCUT2D eigenvalue weighted by Crippen LogP contribution is 2.20. The molecule has 1 heterocycles. The van der Waals surface area contributed by atoms with Crippen molar-refractivity contribution in [2.75, 3.05) is 0 Å². The van der Waals surface area contributed by atoms with Crippen LogP contribution in [-0.2, 0) is 0 Å². The molecule has 0 unspecified atom stereocenters. The summed E-state index contributed by atoms with van der Waals surface area (Å²) >= 11 is 5.68. The molecule has 1 aromatic heterocycles. The van der Waals surface area contributed by atoms with Crippen LogP contribution in [0.1, 0.15) is 19.4 Å². The van der Waals surface area contributed by atoms with Gasteiger partial charge >= 0.3 is 0 Å². The van der Waals surface area contributed by atoms with E-state index in [2.05, 4.69) is 4.98 Å². The van der Waals surface area contributed by atoms with Crippen molar-refractivity contribution in [3.8, 4) is 0 Å². The van der Waals surface area contributed by atoms with Crippen molar-refractivity contribution < 1.29 is 4.39 Å². The van der Waals surface area contributed by atoms with Crippen LogP contribution >= 0.6 is 11.6 Å². The van der Waals surface area contributed by atoms with Gasteiger partial charge in [0.05, 0.1) is 5.52 Å². The van der Waals surface area contributed by atoms with E-state index in [9.17, 15) is 9.18 Å². The van der Waals surface area contributed by atoms with Gasteiger partial charge < -0.3 is 4.98 Å². The van der Waals surface area contributed by atoms with Crippen LogP contribution < -0.4 is 5.56 Å². The second-order valence-electron chi connectivity index (χ2n) is 3.13. The molecule has 0 radical (unpaired) electrons. The van der Waals surface area contributed by atoms with Crippen molar-refractivity contribution in [3.05, 3.63) is 45.0 Å². The minimum atomic E-state index is -0.510. The third-order valence-corrected chi connectivity index (χ3v) is 2.27. The minimum Gasteiger partial charge on any atom is -0.319 e. The van der Waals surface area contributed by atoms with Crippen molar-refractivity contribution in [3.63, 3.8) is 0 Å². The van der Waals surface area contributed by atoms with E-state index in [1.807, 2.05) is 13.8 Å². The van der Waals surface area contributed by atoms with Crippen LogP contribution in [0.4, 0.5) is 4.39 Å². The second-order valence-corrected chi connectivity index (χ2v) is 3.57. The Morgan fingerprint density at radius 3 is 2.50 bits per heavy atom. The highest BCUT2D eigenvalue weighted by atomic mass is 35.5. The topological polar surface area (TPSA) is 32.9 Å². The average molecular weight is 242 g/mol. The fraction of sp³-hybridized carbons (Fsp3) is 0.250. The van der Waals surface area contributed by atoms with E-state index in [1.165, 1.54) is 6.07 Å². The zero-order valence-corrected chi connectivity index (χ0v) is 10.2. The third-order valence-electron chi connectivity index (χ3n) is 2.05. The van der Waals surface area contributed by atoms with E-state index in [0.717, 1.165) is 0 Å². The fourth-order valence-corrected chi connectivity index (χ4v) is 1.56. The molecular weight excluding hydrogens is 229 g/mol. The molecule has 0 aliphatic carbocycles. The summed E-state index contributed by atoms with van der Waals surface area (Å²) < 4.78 is 13.3. The average Bonchev–Trinajstić information content (AvgIpc) is 2.24. The van der Waals surface area contributed by atoms with Crippen LogP contribution in [0.25, 0.3) is 10.9 Å². The first-order chi connectivity index (χ1) is 7.58. The molecule has 0 amide bonds. The van der Waals surface area contributed by atoms with Crippen LogP contribution in [0.3, 0.4) is 0 Å². The summed E-state index contributed by atoms with van der Waals surface area (Å²) in [6.07, 6.45) is 0. The lowest BCUT2D eigenvalue weighted by atomic mass is 10.1. The van der Waals surface area contributed by atoms with Gasteiger partial charge in [-0.25, -0.2) is 4.39 Å². The first-order valence-electron chi connectivity index (χ1n) is 5.06. The molecule has 0 saturated heterocycles. The molecule has 0 bridgehead atoms. The van der Waals surface area contributed by atoms with Gasteiger partial charge in [-0.2, -0.15) is 0 Å². The van der Waals surface area contributed by atoms with Crippen LogP contribution in [0, 0.1) is 12.7 Å². The van der Waals surface area contributed by atoms with Gasteiger partial charge in [-0.3, -0.25) is 4.79 Å². The van der Waals surface area contributed by atoms with E-state index in [4.69, 9.17) is 11.6 Å². The summed E-state index contributed by atoms with van der Waals surface area (Å²) in [4.78, 5) is 13.7. The molecule has 0 atom stereocenters. The van der Waals surface area contributed by atoms with Crippen molar-refractivity contribution in [2.45, 2.75) is 20.8 Å². The molecule has 2 rings (SSSR count). The van der Waals surface area contributed by atoms with Gasteiger partial charge in [0.25, 0.3) is 5.56 Å². The van der Waals surface area contributed by atoms with E-state index >= 15 is 0 Å². The highest BCUT2D eigenvalue weighted by molar-refractivity contribution is 6.31. The maximum atomic E-state index is 13.3. The second kappa shape index (κ2) is 5.12. The molecule has 16 heavy (non-hydrogen) atoms. The molecule has 2 nitrogen and oxygen atoms in total. The number of aromatic amines is 1. The van der Waals surface area contributed by atoms with Gasteiger partial charge in [-0.1, -0.05) is 25.4 Å². The Hall–Kier alpha value is -1.35. The molecule has 2 aromatic rings. The Bertz CT molecular complexity index is 563. The SMILES string of the molecule is CC.Cc1cc2cc(Cl)cc(F)c2[nH]c1=O. The summed E-state index contributed by atoms with van der Waals surface area (Å²) in [5.74, 6) is -0.510. The summed E-state index contributed by atoms with van der Waals surface area (Å²) in [6.45, 7) is 5.66. The Morgan fingerprint density at radius 2 is 1.88 bits per heavy atom. The molecule has 0 spiro atoms. The van der Waals surface area contributed by atoms with E-state index in [-0.39, 0.29) is 11.1 Å². The number of aryl methyl sites for hydroxylation is 1. The number of hydrogen-bond acceptors (Lipinski definition) is 1. The molecule has 0 aliphatic rings. The van der Waals surface area contributed by atoms with Crippen molar-refractivity contribution in [1.82, 2.24) is 4.98 Å². The third kappa shape index (κ3) is 2.42. The molecule has 4 heteroatoms. The van der Waals surface area contributed by atoms with Gasteiger partial charge in [0, 0.05) is 16.0 Å². The molecule has 0 fully saturated rings. The molecule has 86 valence electrons. The molecule has 1 N–H and O–H groups in total. The van der Waals surface area contributed by atoms with Crippen molar-refractivity contribution in [2.24, 2.45) is 0 Å². The maximum Gasteiger partial charge on any atom is 0.251 e. The number of pyridine rings is 1. The van der Waals surface area contributed by atoms with Gasteiger partial charge in [0.2, 0.25) is 0 Å². The maximum absolute atomic E-state index is 13.3. The lowest BCUT2D eigenvalue weighted by molar-refractivity contribution is 0.636. The van der Waals surface area contributed by atoms with Crippen LogP contribution in [-0.4, -0.2) is 4.98 Å². The summed E-state index contributed by atoms with van der Waals surface area (Å²) in [7, 11) is 0. The van der Waals surface area contributed by atoms with Crippen LogP contribution in [0.5, 0.6) is 0 Å². The Balaban J connectivity index is 0.000000606. The number of nitrogens with one attached hydrogen (secondary N) is 1. The summed E-state index contributed by atoms with van der Waals surface area (Å²) in [5, 5.41) is 0.925. The number of fused-ring (bicyclic) bond motifs is 1. The van der Waals surface area contributed by atoms with Gasteiger partial charge in [-0.05, 0) is 25.1 Å². The number of hydrogen-bond donors (Lipinski definition) is 1. The monoisotopic (exact) mass is 241 g/mol. The lowest BCUT2D eigenvalue weighted by Crippen LogP contribution is -2.09. The molecular formula is C12H13ClFNO. The molecule has 1 aromatic carbocycles. The van der Waals surface area contributed by atoms with E-state index < -0.39 is 5.82 Å². The Labute approximate surface area is 98.1 Å². The normalized spacial score (nSPS) is 9.81. The Morgan fingerprint density at radius 1 is 1.25 bits per heavy atom. The van der Waals surface area contributed by atoms with Crippen LogP contribution in [0.15, 0.2) is 23.0 Å². The van der Waals surface area contributed by atoms with E-state index in [1.54, 1.807) is 19.1 Å². The summed E-state index contributed by atoms with van der Waals surface area (Å²) in [5.41, 5.74) is 0.461. The first-order valence-corrected chi connectivity index (χ1v) is 5.44. The predicted molar refractivity (Wildman–Crippen MR) is 65.6 cm³/mol. The number of halogens is 2. The first kappa shape index (κ1) is 12.7. The van der Waals surface area contributed by atoms with Crippen LogP contribution in [0.2, 0.25) is 5.02 Å². The minimum absolute atomic E-state index is 0.199. The van der Waals surface area contributed by atoms with Gasteiger partial charge in [0.15, 0.2) is 0 Å². The van der Waals surface area contributed by atoms with Gasteiger partial charge in [0.1, 0.15) is 5.82 Å². The quantitative estimate of drug-likeness (QED) is 0.750. The number of rotatable bonds is 0. The summed E-state index contributed by atoms with van der Waals surface area (Å²) in [6, 6.07) is 4.40. The standard InChI is InChI=1S/C10H7ClFNO.C2H6/c1-5-2-6-3-7(11)4-8(12)9(6)13-10(5)14;1-2/h2-4H,1H3,(H,13,14);1-2H3. The lowest BCUT2D eigenvalue weighted by Gasteiger charge is -2.01. The highest BCUT2D eigenvalue weighted by Gasteiger charge is 2.05. The molecule has 0 saturated carbocycles. The smallest absolute Gasteiger partial charge is 0.251 e. The van der Waals surface area contributed by atoms with Crippen molar-refractivity contribution in [1.29, 1.82) is 0 Å². The largest absolute Gasteiger partial charge is 0.319 e. The number of aromatic nitrogens is 1. The van der Waals surface area contributed by atoms with Gasteiger partial charge in [-0.15, -0.1) is 0 Å². The zero-order valence-electron chi connectivity index (χ0n) is 9.40. The van der Waals surface area contributed by atoms with Crippen molar-refractivity contribution >= 4 is 22.5 Å². The fourth-order valence-electron chi connectivity index (χ4n) is 1.35. The number of H-pyrrole nitrogens is 1. The predicted octanol–water partition coefficient (Wildman–Crippen LogP) is 3.66. The number of benzene rings is 1. The van der Waals surface area contributed by atoms with E-state index in [0.29, 0.717) is 16.0 Å².